The van der Waals surface area contributed by atoms with E-state index >= 15 is 0 Å². The monoisotopic (exact) mass is 802 g/mol. The fourth-order valence-corrected chi connectivity index (χ4v) is 6.52. The summed E-state index contributed by atoms with van der Waals surface area (Å²) in [4.78, 5) is 16.6. The molecule has 245 valence electrons. The largest absolute Gasteiger partial charge is 0.512 e. The van der Waals surface area contributed by atoms with Gasteiger partial charge >= 0.3 is 0 Å². The third-order valence-corrected chi connectivity index (χ3v) is 9.22. The van der Waals surface area contributed by atoms with Crippen molar-refractivity contribution in [2.24, 2.45) is 11.8 Å². The van der Waals surface area contributed by atoms with Gasteiger partial charge in [-0.2, -0.15) is 0 Å². The fraction of sp³-hybridized carbons (Fsp3) is 0.286. The number of pyridine rings is 1. The fourth-order valence-electron chi connectivity index (χ4n) is 6.52. The van der Waals surface area contributed by atoms with Crippen LogP contribution >= 0.6 is 0 Å². The maximum absolute atomic E-state index is 11.7. The van der Waals surface area contributed by atoms with E-state index in [1.54, 1.807) is 0 Å². The molecule has 0 saturated heterocycles. The first-order valence-corrected chi connectivity index (χ1v) is 16.6. The van der Waals surface area contributed by atoms with Gasteiger partial charge in [0.2, 0.25) is 0 Å². The van der Waals surface area contributed by atoms with E-state index < -0.39 is 0 Å². The Hall–Kier alpha value is -4.05. The Morgan fingerprint density at radius 3 is 2.09 bits per heavy atom. The molecule has 1 N–H and O–H groups in total. The van der Waals surface area contributed by atoms with Gasteiger partial charge in [0.15, 0.2) is 5.78 Å². The SMILES string of the molecule is CCC(CC)C(=O)/C=C(\O)C(CC)CC.Cc1cccc(C)c1-n1c2cc3ccccc3[c-]c2c2nccc(-c3ccccc3)c21.[Ir]. The summed E-state index contributed by atoms with van der Waals surface area (Å²) in [6.45, 7) is 12.4. The van der Waals surface area contributed by atoms with Crippen molar-refractivity contribution in [1.82, 2.24) is 9.55 Å². The molecule has 0 aliphatic carbocycles. The summed E-state index contributed by atoms with van der Waals surface area (Å²) in [5, 5.41) is 13.1. The Kier molecular flexibility index (Phi) is 12.3. The molecule has 1 radical (unpaired) electrons. The average Bonchev–Trinajstić information content (AvgIpc) is 3.38. The molecule has 0 unspecified atom stereocenters. The summed E-state index contributed by atoms with van der Waals surface area (Å²) in [6.07, 6.45) is 6.83. The topological polar surface area (TPSA) is 55.1 Å². The first-order chi connectivity index (χ1) is 22.3. The number of nitrogens with zero attached hydrogens (tertiary/aromatic N) is 2. The minimum Gasteiger partial charge on any atom is -0.512 e. The standard InChI is InChI=1S/C29H21N2.C13H24O2.Ir/c1-19-9-8-10-20(2)28(19)31-26-18-23-14-7-6-13-22(23)17-25(26)27-29(31)24(15-16-30-27)21-11-4-3-5-12-21;1-5-10(6-2)12(14)9-13(15)11(7-3)8-4;/h3-16,18H,1-2H3;9-11,14H,5-8H2,1-4H3;/q-1;;/b;12-9-;. The number of aromatic nitrogens is 2. The first kappa shape index (κ1) is 35.8. The van der Waals surface area contributed by atoms with E-state index in [1.807, 2.05) is 33.9 Å². The maximum Gasteiger partial charge on any atom is 0.162 e. The molecule has 0 spiro atoms. The maximum atomic E-state index is 11.7. The Labute approximate surface area is 292 Å². The molecule has 0 atom stereocenters. The number of fused-ring (bicyclic) bond motifs is 4. The van der Waals surface area contributed by atoms with Crippen molar-refractivity contribution in [2.75, 3.05) is 0 Å². The van der Waals surface area contributed by atoms with E-state index in [0.29, 0.717) is 0 Å². The van der Waals surface area contributed by atoms with Crippen LogP contribution in [0.25, 0.3) is 49.5 Å². The summed E-state index contributed by atoms with van der Waals surface area (Å²) in [7, 11) is 0. The number of allylic oxidation sites excluding steroid dienone is 2. The molecule has 0 saturated carbocycles. The van der Waals surface area contributed by atoms with E-state index in [9.17, 15) is 9.90 Å². The van der Waals surface area contributed by atoms with Crippen LogP contribution in [0.2, 0.25) is 0 Å². The third kappa shape index (κ3) is 7.43. The molecule has 0 bridgehead atoms. The Morgan fingerprint density at radius 1 is 0.830 bits per heavy atom. The molecule has 6 rings (SSSR count). The van der Waals surface area contributed by atoms with Crippen LogP contribution in [0.3, 0.4) is 0 Å². The number of aryl methyl sites for hydroxylation is 2. The van der Waals surface area contributed by atoms with Gasteiger partial charge in [0.05, 0.1) is 5.76 Å². The zero-order valence-corrected chi connectivity index (χ0v) is 30.7. The van der Waals surface area contributed by atoms with Gasteiger partial charge in [0.1, 0.15) is 0 Å². The Bertz CT molecular complexity index is 1980. The van der Waals surface area contributed by atoms with Crippen molar-refractivity contribution < 1.29 is 30.0 Å². The van der Waals surface area contributed by atoms with Gasteiger partial charge < -0.3 is 9.67 Å². The molecule has 0 fully saturated rings. The predicted octanol–water partition coefficient (Wildman–Crippen LogP) is 11.3. The number of benzene rings is 4. The number of aliphatic hydroxyl groups excluding tert-OH is 1. The van der Waals surface area contributed by atoms with Crippen molar-refractivity contribution in [3.8, 4) is 16.8 Å². The van der Waals surface area contributed by atoms with Gasteiger partial charge in [0, 0.05) is 66.5 Å². The van der Waals surface area contributed by atoms with Gasteiger partial charge in [0.25, 0.3) is 0 Å². The molecule has 47 heavy (non-hydrogen) atoms. The molecule has 0 aliphatic rings. The third-order valence-electron chi connectivity index (χ3n) is 9.22. The minimum atomic E-state index is 0. The average molecular weight is 802 g/mol. The second-order valence-corrected chi connectivity index (χ2v) is 12.1. The van der Waals surface area contributed by atoms with Crippen molar-refractivity contribution in [2.45, 2.75) is 67.2 Å². The van der Waals surface area contributed by atoms with E-state index in [2.05, 4.69) is 109 Å². The molecular weight excluding hydrogens is 757 g/mol. The summed E-state index contributed by atoms with van der Waals surface area (Å²) in [5.41, 5.74) is 9.34. The molecule has 0 amide bonds. The Balaban J connectivity index is 0.000000269. The van der Waals surface area contributed by atoms with Crippen LogP contribution in [-0.4, -0.2) is 20.4 Å². The molecule has 2 heterocycles. The van der Waals surface area contributed by atoms with Crippen LogP contribution in [-0.2, 0) is 24.9 Å². The van der Waals surface area contributed by atoms with Gasteiger partial charge in [-0.25, -0.2) is 0 Å². The number of aliphatic hydroxyl groups is 1. The zero-order valence-electron chi connectivity index (χ0n) is 28.3. The molecule has 0 aliphatic heterocycles. The predicted molar refractivity (Wildman–Crippen MR) is 194 cm³/mol. The van der Waals surface area contributed by atoms with E-state index in [4.69, 9.17) is 4.98 Å². The number of rotatable bonds is 9. The second kappa shape index (κ2) is 16.2. The summed E-state index contributed by atoms with van der Waals surface area (Å²) in [6, 6.07) is 33.6. The van der Waals surface area contributed by atoms with Gasteiger partial charge in [-0.05, 0) is 67.8 Å². The Morgan fingerprint density at radius 2 is 1.45 bits per heavy atom. The molecule has 5 heteroatoms. The van der Waals surface area contributed by atoms with E-state index in [1.165, 1.54) is 39.4 Å². The zero-order chi connectivity index (χ0) is 32.8. The van der Waals surface area contributed by atoms with Crippen molar-refractivity contribution >= 4 is 38.5 Å². The van der Waals surface area contributed by atoms with Crippen LogP contribution in [0.5, 0.6) is 0 Å². The van der Waals surface area contributed by atoms with Gasteiger partial charge in [-0.3, -0.25) is 9.78 Å². The van der Waals surface area contributed by atoms with Crippen LogP contribution in [0.15, 0.2) is 103 Å². The number of hydrogen-bond acceptors (Lipinski definition) is 3. The summed E-state index contributed by atoms with van der Waals surface area (Å²) < 4.78 is 2.40. The number of hydrogen-bond donors (Lipinski definition) is 1. The van der Waals surface area contributed by atoms with Crippen molar-refractivity contribution in [3.05, 3.63) is 120 Å². The van der Waals surface area contributed by atoms with Crippen LogP contribution < -0.4 is 0 Å². The summed E-state index contributed by atoms with van der Waals surface area (Å²) in [5.74, 6) is 0.547. The second-order valence-electron chi connectivity index (χ2n) is 12.1. The van der Waals surface area contributed by atoms with E-state index in [0.717, 1.165) is 53.0 Å². The number of carbonyl (C=O) groups excluding carboxylic acids is 1. The normalized spacial score (nSPS) is 11.6. The van der Waals surface area contributed by atoms with Crippen molar-refractivity contribution in [1.29, 1.82) is 0 Å². The van der Waals surface area contributed by atoms with Crippen molar-refractivity contribution in [3.63, 3.8) is 0 Å². The van der Waals surface area contributed by atoms with Crippen LogP contribution in [0.1, 0.15) is 64.5 Å². The molecular formula is C42H45IrN2O2-. The van der Waals surface area contributed by atoms with E-state index in [-0.39, 0.29) is 43.5 Å². The smallest absolute Gasteiger partial charge is 0.162 e. The van der Waals surface area contributed by atoms with Gasteiger partial charge in [-0.1, -0.05) is 111 Å². The quantitative estimate of drug-likeness (QED) is 0.0900. The van der Waals surface area contributed by atoms with Crippen LogP contribution in [0, 0.1) is 31.7 Å². The molecule has 4 aromatic carbocycles. The number of ketones is 1. The molecule has 4 nitrogen and oxygen atoms in total. The number of carbonyl (C=O) groups is 1. The van der Waals surface area contributed by atoms with Gasteiger partial charge in [-0.15, -0.1) is 17.5 Å². The molecule has 6 aromatic rings. The first-order valence-electron chi connectivity index (χ1n) is 16.6. The number of para-hydroxylation sites is 1. The summed E-state index contributed by atoms with van der Waals surface area (Å²) >= 11 is 0. The minimum absolute atomic E-state index is 0. The van der Waals surface area contributed by atoms with Crippen LogP contribution in [0.4, 0.5) is 0 Å². The molecule has 2 aromatic heterocycles.